The van der Waals surface area contributed by atoms with Gasteiger partial charge in [-0.3, -0.25) is 0 Å². The number of carboxylic acid groups (broad SMARTS) is 1. The Morgan fingerprint density at radius 2 is 2.29 bits per heavy atom. The van der Waals surface area contributed by atoms with Gasteiger partial charge in [0.05, 0.1) is 5.69 Å². The van der Waals surface area contributed by atoms with Crippen molar-refractivity contribution >= 4 is 33.6 Å². The van der Waals surface area contributed by atoms with Crippen molar-refractivity contribution in [2.45, 2.75) is 0 Å². The average Bonchev–Trinajstić information content (AvgIpc) is 2.71. The first-order valence-electron chi connectivity index (χ1n) is 4.47. The Labute approximate surface area is 103 Å². The van der Waals surface area contributed by atoms with Crippen molar-refractivity contribution in [2.75, 3.05) is 5.32 Å². The fourth-order valence-electron chi connectivity index (χ4n) is 1.14. The molecule has 7 heteroatoms. The standard InChI is InChI=1S/C10H6BrFN2O3/c11-5-1-2-7(6(12)3-5)13-10-14-8(4-17-10)9(15)16/h1-4H,(H,13,14)(H,15,16). The van der Waals surface area contributed by atoms with Gasteiger partial charge in [-0.05, 0) is 18.2 Å². The number of hydrogen-bond acceptors (Lipinski definition) is 4. The van der Waals surface area contributed by atoms with Gasteiger partial charge in [0.2, 0.25) is 0 Å². The van der Waals surface area contributed by atoms with E-state index in [1.807, 2.05) is 0 Å². The number of carboxylic acids is 1. The summed E-state index contributed by atoms with van der Waals surface area (Å²) in [5.74, 6) is -1.72. The van der Waals surface area contributed by atoms with Crippen molar-refractivity contribution in [3.05, 3.63) is 40.4 Å². The van der Waals surface area contributed by atoms with Gasteiger partial charge in [0, 0.05) is 4.47 Å². The molecule has 0 aliphatic carbocycles. The highest BCUT2D eigenvalue weighted by molar-refractivity contribution is 9.10. The minimum atomic E-state index is -1.21. The number of aromatic carboxylic acids is 1. The SMILES string of the molecule is O=C(O)c1coc(Nc2ccc(Br)cc2F)n1. The molecular weight excluding hydrogens is 295 g/mol. The molecule has 0 aliphatic rings. The molecule has 1 aromatic carbocycles. The Morgan fingerprint density at radius 1 is 1.53 bits per heavy atom. The Hall–Kier alpha value is -1.89. The third-order valence-electron chi connectivity index (χ3n) is 1.90. The van der Waals surface area contributed by atoms with Gasteiger partial charge in [-0.25, -0.2) is 9.18 Å². The summed E-state index contributed by atoms with van der Waals surface area (Å²) in [6, 6.07) is 4.29. The van der Waals surface area contributed by atoms with E-state index in [0.29, 0.717) is 4.47 Å². The maximum atomic E-state index is 13.4. The van der Waals surface area contributed by atoms with Gasteiger partial charge in [-0.15, -0.1) is 0 Å². The number of anilines is 2. The Kier molecular flexibility index (Phi) is 3.10. The number of carbonyl (C=O) groups is 1. The number of rotatable bonds is 3. The van der Waals surface area contributed by atoms with Gasteiger partial charge in [0.25, 0.3) is 6.01 Å². The molecule has 0 bridgehead atoms. The average molecular weight is 301 g/mol. The molecule has 5 nitrogen and oxygen atoms in total. The first-order valence-corrected chi connectivity index (χ1v) is 5.26. The van der Waals surface area contributed by atoms with Crippen LogP contribution in [0.1, 0.15) is 10.5 Å². The second-order valence-corrected chi connectivity index (χ2v) is 4.01. The third kappa shape index (κ3) is 2.62. The molecule has 0 atom stereocenters. The second kappa shape index (κ2) is 4.54. The molecule has 1 aromatic heterocycles. The van der Waals surface area contributed by atoms with Crippen LogP contribution in [0, 0.1) is 5.82 Å². The van der Waals surface area contributed by atoms with Crippen LogP contribution in [-0.2, 0) is 0 Å². The van der Waals surface area contributed by atoms with Crippen LogP contribution in [-0.4, -0.2) is 16.1 Å². The van der Waals surface area contributed by atoms with E-state index in [4.69, 9.17) is 9.52 Å². The molecule has 0 radical (unpaired) electrons. The lowest BCUT2D eigenvalue weighted by molar-refractivity contribution is 0.0690. The first-order chi connectivity index (χ1) is 8.06. The largest absolute Gasteiger partial charge is 0.476 e. The first kappa shape index (κ1) is 11.6. The van der Waals surface area contributed by atoms with Crippen LogP contribution in [0.5, 0.6) is 0 Å². The van der Waals surface area contributed by atoms with E-state index in [-0.39, 0.29) is 17.4 Å². The quantitative estimate of drug-likeness (QED) is 0.911. The Morgan fingerprint density at radius 3 is 2.88 bits per heavy atom. The van der Waals surface area contributed by atoms with E-state index in [2.05, 4.69) is 26.2 Å². The van der Waals surface area contributed by atoms with Gasteiger partial charge >= 0.3 is 5.97 Å². The molecule has 17 heavy (non-hydrogen) atoms. The number of nitrogens with zero attached hydrogens (tertiary/aromatic N) is 1. The van der Waals surface area contributed by atoms with Crippen LogP contribution in [0.3, 0.4) is 0 Å². The lowest BCUT2D eigenvalue weighted by Gasteiger charge is -2.02. The maximum Gasteiger partial charge on any atom is 0.357 e. The number of hydrogen-bond donors (Lipinski definition) is 2. The zero-order valence-corrected chi connectivity index (χ0v) is 9.86. The molecule has 0 aliphatic heterocycles. The van der Waals surface area contributed by atoms with Gasteiger partial charge in [-0.2, -0.15) is 4.98 Å². The lowest BCUT2D eigenvalue weighted by atomic mass is 10.3. The predicted octanol–water partition coefficient (Wildman–Crippen LogP) is 3.02. The molecule has 0 saturated heterocycles. The van der Waals surface area contributed by atoms with Crippen LogP contribution < -0.4 is 5.32 Å². The van der Waals surface area contributed by atoms with Gasteiger partial charge in [0.1, 0.15) is 12.1 Å². The fraction of sp³-hybridized carbons (Fsp3) is 0. The molecule has 0 spiro atoms. The van der Waals surface area contributed by atoms with E-state index in [1.165, 1.54) is 12.1 Å². The topological polar surface area (TPSA) is 75.4 Å². The van der Waals surface area contributed by atoms with Crippen molar-refractivity contribution in [3.8, 4) is 0 Å². The summed E-state index contributed by atoms with van der Waals surface area (Å²) < 4.78 is 18.9. The maximum absolute atomic E-state index is 13.4. The summed E-state index contributed by atoms with van der Waals surface area (Å²) in [5, 5.41) is 11.2. The van der Waals surface area contributed by atoms with Gasteiger partial charge in [0.15, 0.2) is 5.69 Å². The zero-order valence-electron chi connectivity index (χ0n) is 8.28. The van der Waals surface area contributed by atoms with Crippen LogP contribution in [0.2, 0.25) is 0 Å². The summed E-state index contributed by atoms with van der Waals surface area (Å²) in [6.07, 6.45) is 0.974. The summed E-state index contributed by atoms with van der Waals surface area (Å²) in [7, 11) is 0. The van der Waals surface area contributed by atoms with Gasteiger partial charge in [-0.1, -0.05) is 15.9 Å². The summed E-state index contributed by atoms with van der Waals surface area (Å²) in [5.41, 5.74) is -0.1000. The highest BCUT2D eigenvalue weighted by Crippen LogP contribution is 2.22. The minimum Gasteiger partial charge on any atom is -0.476 e. The lowest BCUT2D eigenvalue weighted by Crippen LogP contribution is -1.98. The van der Waals surface area contributed by atoms with E-state index in [1.54, 1.807) is 6.07 Å². The summed E-state index contributed by atoms with van der Waals surface area (Å²) in [6.45, 7) is 0. The van der Waals surface area contributed by atoms with Crippen molar-refractivity contribution < 1.29 is 18.7 Å². The summed E-state index contributed by atoms with van der Waals surface area (Å²) in [4.78, 5) is 14.2. The van der Waals surface area contributed by atoms with E-state index in [0.717, 1.165) is 6.26 Å². The molecule has 2 N–H and O–H groups in total. The van der Waals surface area contributed by atoms with Crippen LogP contribution in [0.4, 0.5) is 16.1 Å². The second-order valence-electron chi connectivity index (χ2n) is 3.09. The van der Waals surface area contributed by atoms with Crippen molar-refractivity contribution in [2.24, 2.45) is 0 Å². The van der Waals surface area contributed by atoms with E-state index >= 15 is 0 Å². The highest BCUT2D eigenvalue weighted by atomic mass is 79.9. The number of oxazole rings is 1. The van der Waals surface area contributed by atoms with Crippen molar-refractivity contribution in [1.82, 2.24) is 4.98 Å². The molecule has 1 heterocycles. The molecule has 0 unspecified atom stereocenters. The fourth-order valence-corrected chi connectivity index (χ4v) is 1.47. The van der Waals surface area contributed by atoms with Crippen LogP contribution in [0.15, 0.2) is 33.4 Å². The molecule has 0 amide bonds. The van der Waals surface area contributed by atoms with Crippen LogP contribution in [0.25, 0.3) is 0 Å². The Balaban J connectivity index is 2.22. The number of aromatic nitrogens is 1. The van der Waals surface area contributed by atoms with Crippen molar-refractivity contribution in [1.29, 1.82) is 0 Å². The van der Waals surface area contributed by atoms with Crippen LogP contribution >= 0.6 is 15.9 Å². The Bertz CT molecular complexity index is 570. The number of halogens is 2. The molecule has 88 valence electrons. The number of benzene rings is 1. The summed E-state index contributed by atoms with van der Waals surface area (Å²) >= 11 is 3.12. The van der Waals surface area contributed by atoms with Crippen molar-refractivity contribution in [3.63, 3.8) is 0 Å². The van der Waals surface area contributed by atoms with E-state index in [9.17, 15) is 9.18 Å². The number of nitrogens with one attached hydrogen (secondary N) is 1. The predicted molar refractivity (Wildman–Crippen MR) is 60.8 cm³/mol. The molecule has 2 aromatic rings. The molecule has 0 saturated carbocycles. The van der Waals surface area contributed by atoms with E-state index < -0.39 is 11.8 Å². The normalized spacial score (nSPS) is 10.2. The minimum absolute atomic E-state index is 0.0800. The molecular formula is C10H6BrFN2O3. The molecule has 2 rings (SSSR count). The smallest absolute Gasteiger partial charge is 0.357 e. The zero-order chi connectivity index (χ0) is 12.4. The monoisotopic (exact) mass is 300 g/mol. The molecule has 0 fully saturated rings. The third-order valence-corrected chi connectivity index (χ3v) is 2.39. The van der Waals surface area contributed by atoms with Gasteiger partial charge < -0.3 is 14.8 Å². The highest BCUT2D eigenvalue weighted by Gasteiger charge is 2.11.